The Morgan fingerprint density at radius 2 is 1.88 bits per heavy atom. The van der Waals surface area contributed by atoms with Gasteiger partial charge in [0.05, 0.1) is 10.7 Å². The molecule has 0 spiro atoms. The fraction of sp³-hybridized carbons (Fsp3) is 0.474. The zero-order chi connectivity index (χ0) is 17.4. The molecule has 2 N–H and O–H groups in total. The summed E-state index contributed by atoms with van der Waals surface area (Å²) < 4.78 is 0. The molecule has 1 aromatic carbocycles. The van der Waals surface area contributed by atoms with E-state index >= 15 is 0 Å². The number of nitrogens with zero attached hydrogens (tertiary/aromatic N) is 2. The van der Waals surface area contributed by atoms with Crippen molar-refractivity contribution in [3.8, 4) is 0 Å². The maximum absolute atomic E-state index is 4.66. The van der Waals surface area contributed by atoms with Gasteiger partial charge in [0.1, 0.15) is 0 Å². The molecule has 25 heavy (non-hydrogen) atoms. The van der Waals surface area contributed by atoms with Crippen molar-refractivity contribution in [1.82, 2.24) is 15.6 Å². The fourth-order valence-electron chi connectivity index (χ4n) is 2.46. The average molecular weight is 472 g/mol. The van der Waals surface area contributed by atoms with Crippen molar-refractivity contribution in [3.05, 3.63) is 51.0 Å². The van der Waals surface area contributed by atoms with Gasteiger partial charge in [-0.3, -0.25) is 4.99 Å². The van der Waals surface area contributed by atoms with Crippen molar-refractivity contribution in [2.75, 3.05) is 19.6 Å². The lowest BCUT2D eigenvalue weighted by Gasteiger charge is -2.12. The monoisotopic (exact) mass is 472 g/mol. The van der Waals surface area contributed by atoms with E-state index in [0.717, 1.165) is 44.1 Å². The summed E-state index contributed by atoms with van der Waals surface area (Å²) in [5.74, 6) is 0.885. The van der Waals surface area contributed by atoms with Crippen molar-refractivity contribution in [3.63, 3.8) is 0 Å². The van der Waals surface area contributed by atoms with Crippen LogP contribution in [0.15, 0.2) is 29.3 Å². The van der Waals surface area contributed by atoms with E-state index in [1.807, 2.05) is 0 Å². The van der Waals surface area contributed by atoms with Gasteiger partial charge >= 0.3 is 0 Å². The van der Waals surface area contributed by atoms with E-state index in [1.54, 1.807) is 11.3 Å². The summed E-state index contributed by atoms with van der Waals surface area (Å²) in [6.45, 7) is 10.9. The third kappa shape index (κ3) is 7.32. The van der Waals surface area contributed by atoms with Crippen LogP contribution in [0.25, 0.3) is 0 Å². The molecule has 0 aliphatic rings. The number of aliphatic imine (C=N–C) groups is 1. The summed E-state index contributed by atoms with van der Waals surface area (Å²) in [6, 6.07) is 8.53. The van der Waals surface area contributed by atoms with E-state index in [0.29, 0.717) is 0 Å². The van der Waals surface area contributed by atoms with E-state index in [-0.39, 0.29) is 24.0 Å². The molecule has 0 unspecified atom stereocenters. The molecular formula is C19H29IN4S. The van der Waals surface area contributed by atoms with E-state index in [1.165, 1.54) is 21.0 Å². The van der Waals surface area contributed by atoms with E-state index in [9.17, 15) is 0 Å². The van der Waals surface area contributed by atoms with Crippen LogP contribution in [-0.4, -0.2) is 30.6 Å². The SMILES string of the molecule is CCNC(=NCCc1nc(C)c(C)s1)NCCc1ccccc1C.I. The predicted octanol–water partition coefficient (Wildman–Crippen LogP) is 4.03. The lowest BCUT2D eigenvalue weighted by atomic mass is 10.1. The third-order valence-corrected chi connectivity index (χ3v) is 5.09. The van der Waals surface area contributed by atoms with Gasteiger partial charge in [0.15, 0.2) is 5.96 Å². The molecule has 0 aliphatic carbocycles. The van der Waals surface area contributed by atoms with Gasteiger partial charge in [-0.2, -0.15) is 0 Å². The molecule has 0 radical (unpaired) electrons. The van der Waals surface area contributed by atoms with Crippen LogP contribution in [0.2, 0.25) is 0 Å². The van der Waals surface area contributed by atoms with Crippen LogP contribution in [0.3, 0.4) is 0 Å². The highest BCUT2D eigenvalue weighted by Crippen LogP contribution is 2.16. The fourth-order valence-corrected chi connectivity index (χ4v) is 3.38. The van der Waals surface area contributed by atoms with Gasteiger partial charge in [0, 0.05) is 30.9 Å². The standard InChI is InChI=1S/C19H28N4S.HI/c1-5-20-19(21-12-10-17-9-7-6-8-14(17)2)22-13-11-18-23-15(3)16(4)24-18;/h6-9H,5,10-13H2,1-4H3,(H2,20,21,22);1H. The third-order valence-electron chi connectivity index (χ3n) is 3.96. The molecule has 0 fully saturated rings. The molecular weight excluding hydrogens is 443 g/mol. The van der Waals surface area contributed by atoms with Crippen LogP contribution in [0.1, 0.15) is 33.6 Å². The highest BCUT2D eigenvalue weighted by Gasteiger charge is 2.04. The van der Waals surface area contributed by atoms with Crippen LogP contribution < -0.4 is 10.6 Å². The van der Waals surface area contributed by atoms with Gasteiger partial charge in [-0.15, -0.1) is 35.3 Å². The summed E-state index contributed by atoms with van der Waals surface area (Å²) in [5, 5.41) is 7.90. The first-order valence-corrected chi connectivity index (χ1v) is 9.41. The molecule has 1 heterocycles. The van der Waals surface area contributed by atoms with Gasteiger partial charge < -0.3 is 10.6 Å². The number of hydrogen-bond donors (Lipinski definition) is 2. The van der Waals surface area contributed by atoms with Gasteiger partial charge in [-0.1, -0.05) is 24.3 Å². The number of guanidine groups is 1. The van der Waals surface area contributed by atoms with Gasteiger partial charge in [-0.05, 0) is 45.2 Å². The van der Waals surface area contributed by atoms with E-state index < -0.39 is 0 Å². The number of aromatic nitrogens is 1. The quantitative estimate of drug-likeness (QED) is 0.364. The average Bonchev–Trinajstić information content (AvgIpc) is 2.87. The molecule has 0 saturated carbocycles. The van der Waals surface area contributed by atoms with Crippen molar-refractivity contribution < 1.29 is 0 Å². The van der Waals surface area contributed by atoms with Gasteiger partial charge in [-0.25, -0.2) is 4.98 Å². The summed E-state index contributed by atoms with van der Waals surface area (Å²) in [6.07, 6.45) is 1.90. The Morgan fingerprint density at radius 1 is 1.12 bits per heavy atom. The smallest absolute Gasteiger partial charge is 0.191 e. The molecule has 0 amide bonds. The summed E-state index contributed by atoms with van der Waals surface area (Å²) in [4.78, 5) is 10.5. The number of halogens is 1. The molecule has 4 nitrogen and oxygen atoms in total. The second kappa shape index (κ2) is 11.5. The van der Waals surface area contributed by atoms with Crippen LogP contribution in [-0.2, 0) is 12.8 Å². The largest absolute Gasteiger partial charge is 0.357 e. The lowest BCUT2D eigenvalue weighted by Crippen LogP contribution is -2.38. The van der Waals surface area contributed by atoms with Crippen LogP contribution in [0.4, 0.5) is 0 Å². The molecule has 0 bridgehead atoms. The minimum Gasteiger partial charge on any atom is -0.357 e. The minimum atomic E-state index is 0. The Kier molecular flexibility index (Phi) is 10.0. The second-order valence-corrected chi connectivity index (χ2v) is 7.15. The minimum absolute atomic E-state index is 0. The molecule has 138 valence electrons. The predicted molar refractivity (Wildman–Crippen MR) is 120 cm³/mol. The van der Waals surface area contributed by atoms with E-state index in [2.05, 4.69) is 72.6 Å². The first-order valence-electron chi connectivity index (χ1n) is 8.59. The van der Waals surface area contributed by atoms with E-state index in [4.69, 9.17) is 0 Å². The van der Waals surface area contributed by atoms with Crippen molar-refractivity contribution in [2.24, 2.45) is 4.99 Å². The van der Waals surface area contributed by atoms with Crippen molar-refractivity contribution >= 4 is 41.3 Å². The van der Waals surface area contributed by atoms with Crippen molar-refractivity contribution in [1.29, 1.82) is 0 Å². The zero-order valence-corrected chi connectivity index (χ0v) is 18.7. The number of thiazole rings is 1. The van der Waals surface area contributed by atoms with Crippen LogP contribution >= 0.6 is 35.3 Å². The Bertz CT molecular complexity index is 662. The molecule has 2 rings (SSSR count). The number of aryl methyl sites for hydroxylation is 3. The molecule has 2 aromatic rings. The lowest BCUT2D eigenvalue weighted by molar-refractivity contribution is 0.794. The first-order chi connectivity index (χ1) is 11.6. The highest BCUT2D eigenvalue weighted by molar-refractivity contribution is 14.0. The summed E-state index contributed by atoms with van der Waals surface area (Å²) in [5.41, 5.74) is 3.87. The van der Waals surface area contributed by atoms with Crippen molar-refractivity contribution in [2.45, 2.75) is 40.5 Å². The Hall–Kier alpha value is -1.15. The Morgan fingerprint density at radius 3 is 2.52 bits per heavy atom. The first kappa shape index (κ1) is 21.9. The zero-order valence-electron chi connectivity index (χ0n) is 15.6. The number of nitrogens with one attached hydrogen (secondary N) is 2. The molecule has 0 aliphatic heterocycles. The topological polar surface area (TPSA) is 49.3 Å². The summed E-state index contributed by atoms with van der Waals surface area (Å²) in [7, 11) is 0. The van der Waals surface area contributed by atoms with Gasteiger partial charge in [0.2, 0.25) is 0 Å². The maximum Gasteiger partial charge on any atom is 0.191 e. The molecule has 1 aromatic heterocycles. The normalized spacial score (nSPS) is 11.1. The highest BCUT2D eigenvalue weighted by atomic mass is 127. The van der Waals surface area contributed by atoms with Crippen LogP contribution in [0, 0.1) is 20.8 Å². The number of rotatable bonds is 7. The molecule has 0 atom stereocenters. The molecule has 0 saturated heterocycles. The van der Waals surface area contributed by atoms with Gasteiger partial charge in [0.25, 0.3) is 0 Å². The number of benzene rings is 1. The summed E-state index contributed by atoms with van der Waals surface area (Å²) >= 11 is 1.77. The Labute approximate surface area is 172 Å². The molecule has 6 heteroatoms. The second-order valence-electron chi connectivity index (χ2n) is 5.86. The Balaban J connectivity index is 0.00000312. The maximum atomic E-state index is 4.66. The number of hydrogen-bond acceptors (Lipinski definition) is 3. The van der Waals surface area contributed by atoms with Crippen LogP contribution in [0.5, 0.6) is 0 Å².